The molecule has 1 saturated carbocycles. The fourth-order valence-corrected chi connectivity index (χ4v) is 2.27. The van der Waals surface area contributed by atoms with Crippen LogP contribution in [0.4, 0.5) is 0 Å². The first-order chi connectivity index (χ1) is 9.49. The van der Waals surface area contributed by atoms with Gasteiger partial charge in [0, 0.05) is 11.6 Å². The summed E-state index contributed by atoms with van der Waals surface area (Å²) in [7, 11) is 1.56. The molecule has 20 heavy (non-hydrogen) atoms. The Bertz CT molecular complexity index is 540. The molecule has 5 nitrogen and oxygen atoms in total. The zero-order valence-corrected chi connectivity index (χ0v) is 11.9. The van der Waals surface area contributed by atoms with Crippen LogP contribution in [0.1, 0.15) is 18.4 Å². The normalized spacial score (nSPS) is 15.5. The molecule has 108 valence electrons. The SMILES string of the molecule is COc1ccc(CCNC(=O)C2(C(=O)O)CC2)c(Cl)c1. The first kappa shape index (κ1) is 14.7. The summed E-state index contributed by atoms with van der Waals surface area (Å²) in [5, 5.41) is 12.2. The minimum Gasteiger partial charge on any atom is -0.497 e. The number of carbonyl (C=O) groups is 2. The molecule has 0 spiro atoms. The van der Waals surface area contributed by atoms with Gasteiger partial charge >= 0.3 is 5.97 Å². The Labute approximate surface area is 121 Å². The van der Waals surface area contributed by atoms with E-state index in [-0.39, 0.29) is 0 Å². The number of hydrogen-bond donors (Lipinski definition) is 2. The number of ether oxygens (including phenoxy) is 1. The molecule has 1 aromatic rings. The van der Waals surface area contributed by atoms with E-state index in [2.05, 4.69) is 5.32 Å². The Balaban J connectivity index is 1.87. The molecule has 0 atom stereocenters. The summed E-state index contributed by atoms with van der Waals surface area (Å²) in [6, 6.07) is 5.33. The highest BCUT2D eigenvalue weighted by molar-refractivity contribution is 6.31. The van der Waals surface area contributed by atoms with Gasteiger partial charge in [-0.3, -0.25) is 9.59 Å². The van der Waals surface area contributed by atoms with Gasteiger partial charge in [0.1, 0.15) is 11.2 Å². The highest BCUT2D eigenvalue weighted by Crippen LogP contribution is 2.46. The average molecular weight is 298 g/mol. The van der Waals surface area contributed by atoms with Gasteiger partial charge in [0.2, 0.25) is 5.91 Å². The van der Waals surface area contributed by atoms with Crippen molar-refractivity contribution in [2.24, 2.45) is 5.41 Å². The minimum absolute atomic E-state index is 0.361. The summed E-state index contributed by atoms with van der Waals surface area (Å²) in [6.45, 7) is 0.361. The molecule has 0 aromatic heterocycles. The summed E-state index contributed by atoms with van der Waals surface area (Å²) in [5.41, 5.74) is -0.308. The minimum atomic E-state index is -1.19. The van der Waals surface area contributed by atoms with E-state index >= 15 is 0 Å². The van der Waals surface area contributed by atoms with Crippen molar-refractivity contribution < 1.29 is 19.4 Å². The maximum atomic E-state index is 11.8. The number of nitrogens with one attached hydrogen (secondary N) is 1. The van der Waals surface area contributed by atoms with Crippen molar-refractivity contribution in [3.63, 3.8) is 0 Å². The third-order valence-electron chi connectivity index (χ3n) is 3.53. The number of benzene rings is 1. The predicted octanol–water partition coefficient (Wildman–Crippen LogP) is 1.87. The molecule has 1 aliphatic carbocycles. The second-order valence-electron chi connectivity index (χ2n) is 4.85. The standard InChI is InChI=1S/C14H16ClNO4/c1-20-10-3-2-9(11(15)8-10)4-7-16-12(17)14(5-6-14)13(18)19/h2-3,8H,4-7H2,1H3,(H,16,17)(H,18,19). The molecular weight excluding hydrogens is 282 g/mol. The largest absolute Gasteiger partial charge is 0.497 e. The summed E-state index contributed by atoms with van der Waals surface area (Å²) in [6.07, 6.45) is 1.37. The fraction of sp³-hybridized carbons (Fsp3) is 0.429. The van der Waals surface area contributed by atoms with E-state index in [1.807, 2.05) is 6.07 Å². The Hall–Kier alpha value is -1.75. The summed E-state index contributed by atoms with van der Waals surface area (Å²) in [4.78, 5) is 22.8. The van der Waals surface area contributed by atoms with Gasteiger partial charge in [0.05, 0.1) is 7.11 Å². The van der Waals surface area contributed by atoms with Crippen LogP contribution in [-0.4, -0.2) is 30.6 Å². The van der Waals surface area contributed by atoms with E-state index < -0.39 is 17.3 Å². The van der Waals surface area contributed by atoms with Crippen molar-refractivity contribution in [2.75, 3.05) is 13.7 Å². The Morgan fingerprint density at radius 3 is 2.65 bits per heavy atom. The van der Waals surface area contributed by atoms with Crippen molar-refractivity contribution in [3.8, 4) is 5.75 Å². The quantitative estimate of drug-likeness (QED) is 0.786. The number of methoxy groups -OCH3 is 1. The molecule has 2 rings (SSSR count). The molecule has 6 heteroatoms. The lowest BCUT2D eigenvalue weighted by molar-refractivity contribution is -0.149. The summed E-state index contributed by atoms with van der Waals surface area (Å²) >= 11 is 6.09. The molecule has 1 fully saturated rings. The van der Waals surface area contributed by atoms with Crippen LogP contribution < -0.4 is 10.1 Å². The van der Waals surface area contributed by atoms with Crippen LogP contribution in [-0.2, 0) is 16.0 Å². The number of carboxylic acids is 1. The van der Waals surface area contributed by atoms with Crippen molar-refractivity contribution in [1.82, 2.24) is 5.32 Å². The van der Waals surface area contributed by atoms with Crippen LogP contribution in [0.5, 0.6) is 5.75 Å². The van der Waals surface area contributed by atoms with Gasteiger partial charge in [-0.1, -0.05) is 17.7 Å². The Morgan fingerprint density at radius 1 is 1.45 bits per heavy atom. The smallest absolute Gasteiger partial charge is 0.319 e. The number of amides is 1. The molecule has 1 aliphatic rings. The number of aliphatic carboxylic acids is 1. The molecule has 1 amide bonds. The number of carbonyl (C=O) groups excluding carboxylic acids is 1. The third kappa shape index (κ3) is 2.88. The second kappa shape index (κ2) is 5.71. The number of halogens is 1. The fourth-order valence-electron chi connectivity index (χ4n) is 2.00. The molecule has 0 aliphatic heterocycles. The predicted molar refractivity (Wildman–Crippen MR) is 74.0 cm³/mol. The number of hydrogen-bond acceptors (Lipinski definition) is 3. The number of rotatable bonds is 6. The third-order valence-corrected chi connectivity index (χ3v) is 3.89. The zero-order chi connectivity index (χ0) is 14.8. The van der Waals surface area contributed by atoms with Crippen molar-refractivity contribution in [1.29, 1.82) is 0 Å². The van der Waals surface area contributed by atoms with Crippen LogP contribution >= 0.6 is 11.6 Å². The maximum absolute atomic E-state index is 11.8. The van der Waals surface area contributed by atoms with Crippen LogP contribution in [0.2, 0.25) is 5.02 Å². The van der Waals surface area contributed by atoms with E-state index in [9.17, 15) is 9.59 Å². The van der Waals surface area contributed by atoms with Crippen molar-refractivity contribution in [3.05, 3.63) is 28.8 Å². The maximum Gasteiger partial charge on any atom is 0.319 e. The molecule has 0 saturated heterocycles. The highest BCUT2D eigenvalue weighted by atomic mass is 35.5. The summed E-state index contributed by atoms with van der Waals surface area (Å²) in [5.74, 6) is -0.780. The monoisotopic (exact) mass is 297 g/mol. The van der Waals surface area contributed by atoms with Gasteiger partial charge < -0.3 is 15.2 Å². The van der Waals surface area contributed by atoms with E-state index in [4.69, 9.17) is 21.4 Å². The molecule has 0 heterocycles. The van der Waals surface area contributed by atoms with Gasteiger partial charge in [-0.15, -0.1) is 0 Å². The van der Waals surface area contributed by atoms with Gasteiger partial charge in [0.15, 0.2) is 0 Å². The van der Waals surface area contributed by atoms with Gasteiger partial charge in [-0.05, 0) is 37.0 Å². The van der Waals surface area contributed by atoms with Crippen LogP contribution in [0, 0.1) is 5.41 Å². The van der Waals surface area contributed by atoms with E-state index in [1.165, 1.54) is 0 Å². The first-order valence-corrected chi connectivity index (χ1v) is 6.71. The van der Waals surface area contributed by atoms with E-state index in [0.29, 0.717) is 36.6 Å². The van der Waals surface area contributed by atoms with Gasteiger partial charge in [-0.2, -0.15) is 0 Å². The average Bonchev–Trinajstić information content (AvgIpc) is 3.21. The Kier molecular flexibility index (Phi) is 4.18. The lowest BCUT2D eigenvalue weighted by Gasteiger charge is -2.11. The van der Waals surface area contributed by atoms with Gasteiger partial charge in [0.25, 0.3) is 0 Å². The highest BCUT2D eigenvalue weighted by Gasteiger charge is 2.56. The van der Waals surface area contributed by atoms with Crippen LogP contribution in [0.25, 0.3) is 0 Å². The van der Waals surface area contributed by atoms with E-state index in [0.717, 1.165) is 5.56 Å². The van der Waals surface area contributed by atoms with Crippen molar-refractivity contribution >= 4 is 23.5 Å². The molecular formula is C14H16ClNO4. The first-order valence-electron chi connectivity index (χ1n) is 6.34. The van der Waals surface area contributed by atoms with Gasteiger partial charge in [-0.25, -0.2) is 0 Å². The molecule has 0 bridgehead atoms. The number of carboxylic acid groups (broad SMARTS) is 1. The topological polar surface area (TPSA) is 75.6 Å². The lowest BCUT2D eigenvalue weighted by atomic mass is 10.1. The van der Waals surface area contributed by atoms with Crippen LogP contribution in [0.3, 0.4) is 0 Å². The molecule has 0 radical (unpaired) electrons. The van der Waals surface area contributed by atoms with E-state index in [1.54, 1.807) is 19.2 Å². The lowest BCUT2D eigenvalue weighted by Crippen LogP contribution is -2.37. The van der Waals surface area contributed by atoms with Crippen molar-refractivity contribution in [2.45, 2.75) is 19.3 Å². The summed E-state index contributed by atoms with van der Waals surface area (Å²) < 4.78 is 5.05. The molecule has 2 N–H and O–H groups in total. The second-order valence-corrected chi connectivity index (χ2v) is 5.26. The Morgan fingerprint density at radius 2 is 2.15 bits per heavy atom. The molecule has 0 unspecified atom stereocenters. The molecule has 1 aromatic carbocycles. The zero-order valence-electron chi connectivity index (χ0n) is 11.1. The van der Waals surface area contributed by atoms with Crippen LogP contribution in [0.15, 0.2) is 18.2 Å².